The third-order valence-electron chi connectivity index (χ3n) is 4.49. The van der Waals surface area contributed by atoms with Crippen molar-refractivity contribution in [3.8, 4) is 5.75 Å². The Morgan fingerprint density at radius 3 is 2.32 bits per heavy atom. The number of sulfonamides is 1. The molecule has 31 heavy (non-hydrogen) atoms. The molecule has 0 bridgehead atoms. The molecule has 3 aromatic carbocycles. The zero-order valence-electron chi connectivity index (χ0n) is 16.7. The third-order valence-corrected chi connectivity index (χ3v) is 5.89. The van der Waals surface area contributed by atoms with Gasteiger partial charge >= 0.3 is 0 Å². The first-order chi connectivity index (χ1) is 14.7. The summed E-state index contributed by atoms with van der Waals surface area (Å²) in [4.78, 5) is 23.0. The van der Waals surface area contributed by atoms with E-state index in [9.17, 15) is 23.3 Å². The van der Waals surface area contributed by atoms with Crippen LogP contribution in [0.4, 0.5) is 17.1 Å². The van der Waals surface area contributed by atoms with Gasteiger partial charge in [0.2, 0.25) is 0 Å². The Morgan fingerprint density at radius 1 is 1.00 bits per heavy atom. The average Bonchev–Trinajstić information content (AvgIpc) is 2.73. The van der Waals surface area contributed by atoms with Crippen LogP contribution in [0.3, 0.4) is 0 Å². The van der Waals surface area contributed by atoms with E-state index in [0.717, 1.165) is 0 Å². The minimum atomic E-state index is -3.85. The predicted octanol–water partition coefficient (Wildman–Crippen LogP) is 3.96. The van der Waals surface area contributed by atoms with Crippen LogP contribution in [-0.4, -0.2) is 26.4 Å². The second-order valence-electron chi connectivity index (χ2n) is 6.52. The fourth-order valence-corrected chi connectivity index (χ4v) is 3.93. The van der Waals surface area contributed by atoms with Crippen molar-refractivity contribution in [3.63, 3.8) is 0 Å². The molecule has 0 aromatic heterocycles. The van der Waals surface area contributed by atoms with Gasteiger partial charge in [-0.3, -0.25) is 19.6 Å². The van der Waals surface area contributed by atoms with E-state index in [1.165, 1.54) is 56.5 Å². The van der Waals surface area contributed by atoms with E-state index in [2.05, 4.69) is 10.0 Å². The lowest BCUT2D eigenvalue weighted by atomic mass is 10.1. The molecule has 1 amide bonds. The highest BCUT2D eigenvalue weighted by Crippen LogP contribution is 2.24. The molecular weight excluding hydrogens is 422 g/mol. The van der Waals surface area contributed by atoms with Gasteiger partial charge in [0.05, 0.1) is 22.6 Å². The minimum Gasteiger partial charge on any atom is -0.497 e. The van der Waals surface area contributed by atoms with Gasteiger partial charge in [0.15, 0.2) is 0 Å². The number of nitro benzene ring substituents is 1. The topological polar surface area (TPSA) is 128 Å². The molecule has 2 N–H and O–H groups in total. The van der Waals surface area contributed by atoms with Crippen molar-refractivity contribution in [1.82, 2.24) is 0 Å². The van der Waals surface area contributed by atoms with E-state index in [1.54, 1.807) is 24.3 Å². The van der Waals surface area contributed by atoms with Crippen LogP contribution in [0, 0.1) is 17.0 Å². The van der Waals surface area contributed by atoms with Gasteiger partial charge in [-0.05, 0) is 49.4 Å². The number of amides is 1. The predicted molar refractivity (Wildman–Crippen MR) is 116 cm³/mol. The molecule has 0 unspecified atom stereocenters. The number of anilines is 2. The number of methoxy groups -OCH3 is 1. The van der Waals surface area contributed by atoms with E-state index in [1.807, 2.05) is 0 Å². The summed E-state index contributed by atoms with van der Waals surface area (Å²) in [6, 6.07) is 16.3. The summed E-state index contributed by atoms with van der Waals surface area (Å²) < 4.78 is 32.7. The lowest BCUT2D eigenvalue weighted by molar-refractivity contribution is -0.385. The molecule has 0 saturated heterocycles. The van der Waals surface area contributed by atoms with Crippen molar-refractivity contribution in [2.24, 2.45) is 0 Å². The Kier molecular flexibility index (Phi) is 6.21. The third kappa shape index (κ3) is 4.98. The molecule has 0 radical (unpaired) electrons. The smallest absolute Gasteiger partial charge is 0.273 e. The molecule has 160 valence electrons. The van der Waals surface area contributed by atoms with Gasteiger partial charge in [-0.2, -0.15) is 0 Å². The standard InChI is InChI=1S/C21H19N3O6S/c1-14-19(7-4-8-20(14)24(26)27)21(25)22-15-9-11-18(12-10-15)31(28,29)23-16-5-3-6-17(13-16)30-2/h3-13,23H,1-2H3,(H,22,25). The Labute approximate surface area is 178 Å². The van der Waals surface area contributed by atoms with E-state index >= 15 is 0 Å². The molecule has 0 fully saturated rings. The molecule has 9 nitrogen and oxygen atoms in total. The maximum absolute atomic E-state index is 12.6. The number of rotatable bonds is 7. The molecule has 0 saturated carbocycles. The molecule has 0 aliphatic rings. The Balaban J connectivity index is 1.76. The van der Waals surface area contributed by atoms with Gasteiger partial charge < -0.3 is 10.1 Å². The Bertz CT molecular complexity index is 1240. The summed E-state index contributed by atoms with van der Waals surface area (Å²) in [5.74, 6) is -0.0268. The van der Waals surface area contributed by atoms with E-state index < -0.39 is 20.9 Å². The molecule has 10 heteroatoms. The number of hydrogen-bond acceptors (Lipinski definition) is 6. The fourth-order valence-electron chi connectivity index (χ4n) is 2.88. The largest absolute Gasteiger partial charge is 0.497 e. The van der Waals surface area contributed by atoms with Crippen molar-refractivity contribution in [2.75, 3.05) is 17.1 Å². The SMILES string of the molecule is COc1cccc(NS(=O)(=O)c2ccc(NC(=O)c3cccc([N+](=O)[O-])c3C)cc2)c1. The maximum atomic E-state index is 12.6. The van der Waals surface area contributed by atoms with Gasteiger partial charge in [-0.1, -0.05) is 12.1 Å². The lowest BCUT2D eigenvalue weighted by Gasteiger charge is -2.11. The number of carbonyl (C=O) groups is 1. The van der Waals surface area contributed by atoms with Crippen LogP contribution in [0.5, 0.6) is 5.75 Å². The summed E-state index contributed by atoms with van der Waals surface area (Å²) in [7, 11) is -2.37. The molecule has 3 rings (SSSR count). The molecule has 0 heterocycles. The molecule has 0 spiro atoms. The van der Waals surface area contributed by atoms with Crippen molar-refractivity contribution in [3.05, 3.63) is 88.0 Å². The molecule has 0 atom stereocenters. The van der Waals surface area contributed by atoms with Crippen LogP contribution in [0.25, 0.3) is 0 Å². The van der Waals surface area contributed by atoms with Crippen LogP contribution in [-0.2, 0) is 10.0 Å². The second-order valence-corrected chi connectivity index (χ2v) is 8.21. The molecule has 0 aliphatic heterocycles. The highest BCUT2D eigenvalue weighted by Gasteiger charge is 2.19. The monoisotopic (exact) mass is 441 g/mol. The molecule has 0 aliphatic carbocycles. The fraction of sp³-hybridized carbons (Fsp3) is 0.0952. The van der Waals surface area contributed by atoms with E-state index in [-0.39, 0.29) is 21.7 Å². The first-order valence-corrected chi connectivity index (χ1v) is 10.5. The zero-order valence-corrected chi connectivity index (χ0v) is 17.5. The number of hydrogen-bond donors (Lipinski definition) is 2. The second kappa shape index (κ2) is 8.84. The van der Waals surface area contributed by atoms with Gasteiger partial charge in [0, 0.05) is 28.9 Å². The van der Waals surface area contributed by atoms with Crippen molar-refractivity contribution >= 4 is 33.0 Å². The van der Waals surface area contributed by atoms with Crippen molar-refractivity contribution in [2.45, 2.75) is 11.8 Å². The first kappa shape index (κ1) is 21.8. The van der Waals surface area contributed by atoms with Crippen LogP contribution in [0.2, 0.25) is 0 Å². The summed E-state index contributed by atoms with van der Waals surface area (Å²) in [5, 5.41) is 13.7. The highest BCUT2D eigenvalue weighted by atomic mass is 32.2. The molecular formula is C21H19N3O6S. The van der Waals surface area contributed by atoms with Crippen molar-refractivity contribution in [1.29, 1.82) is 0 Å². The summed E-state index contributed by atoms with van der Waals surface area (Å²) in [6.45, 7) is 1.49. The normalized spacial score (nSPS) is 10.9. The molecule has 3 aromatic rings. The van der Waals surface area contributed by atoms with Crippen LogP contribution >= 0.6 is 0 Å². The number of ether oxygens (including phenoxy) is 1. The number of nitrogens with zero attached hydrogens (tertiary/aromatic N) is 1. The summed E-state index contributed by atoms with van der Waals surface area (Å²) in [6.07, 6.45) is 0. The van der Waals surface area contributed by atoms with Crippen LogP contribution in [0.15, 0.2) is 71.6 Å². The van der Waals surface area contributed by atoms with Crippen LogP contribution < -0.4 is 14.8 Å². The quantitative estimate of drug-likeness (QED) is 0.422. The maximum Gasteiger partial charge on any atom is 0.273 e. The highest BCUT2D eigenvalue weighted by molar-refractivity contribution is 7.92. The van der Waals surface area contributed by atoms with E-state index in [0.29, 0.717) is 17.1 Å². The number of benzene rings is 3. The van der Waals surface area contributed by atoms with Gasteiger partial charge in [0.1, 0.15) is 5.75 Å². The minimum absolute atomic E-state index is 0.000140. The average molecular weight is 441 g/mol. The van der Waals surface area contributed by atoms with Crippen LogP contribution in [0.1, 0.15) is 15.9 Å². The number of nitrogens with one attached hydrogen (secondary N) is 2. The summed E-state index contributed by atoms with van der Waals surface area (Å²) >= 11 is 0. The Hall–Kier alpha value is -3.92. The summed E-state index contributed by atoms with van der Waals surface area (Å²) in [5.41, 5.74) is 0.934. The van der Waals surface area contributed by atoms with Crippen molar-refractivity contribution < 1.29 is 22.9 Å². The van der Waals surface area contributed by atoms with Gasteiger partial charge in [0.25, 0.3) is 21.6 Å². The Morgan fingerprint density at radius 2 is 1.68 bits per heavy atom. The van der Waals surface area contributed by atoms with Gasteiger partial charge in [-0.25, -0.2) is 8.42 Å². The lowest BCUT2D eigenvalue weighted by Crippen LogP contribution is -2.15. The van der Waals surface area contributed by atoms with E-state index in [4.69, 9.17) is 4.74 Å². The van der Waals surface area contributed by atoms with Gasteiger partial charge in [-0.15, -0.1) is 0 Å². The number of carbonyl (C=O) groups excluding carboxylic acids is 1. The number of nitro groups is 1. The first-order valence-electron chi connectivity index (χ1n) is 9.03. The zero-order chi connectivity index (χ0) is 22.6.